The third-order valence-corrected chi connectivity index (χ3v) is 1.35. The van der Waals surface area contributed by atoms with Gasteiger partial charge < -0.3 is 5.11 Å². The van der Waals surface area contributed by atoms with Crippen molar-refractivity contribution in [3.63, 3.8) is 0 Å². The van der Waals surface area contributed by atoms with Crippen molar-refractivity contribution in [2.45, 2.75) is 39.0 Å². The van der Waals surface area contributed by atoms with Gasteiger partial charge in [0.2, 0.25) is 0 Å². The highest BCUT2D eigenvalue weighted by Gasteiger charge is 1.85. The van der Waals surface area contributed by atoms with Gasteiger partial charge in [0.1, 0.15) is 0 Å². The summed E-state index contributed by atoms with van der Waals surface area (Å²) in [5, 5.41) is 8.14. The molecule has 0 unspecified atom stereocenters. The quantitative estimate of drug-likeness (QED) is 0.497. The first-order valence-corrected chi connectivity index (χ1v) is 3.99. The second-order valence-electron chi connectivity index (χ2n) is 2.42. The van der Waals surface area contributed by atoms with Crippen LogP contribution in [0.2, 0.25) is 0 Å². The van der Waals surface area contributed by atoms with E-state index in [1.165, 1.54) is 12.8 Å². The van der Waals surface area contributed by atoms with Gasteiger partial charge in [-0.05, 0) is 6.42 Å². The van der Waals surface area contributed by atoms with E-state index in [0.29, 0.717) is 6.42 Å². The molecule has 0 radical (unpaired) electrons. The Hall–Kier alpha value is -0.970. The van der Waals surface area contributed by atoms with Gasteiger partial charge in [0.25, 0.3) is 0 Å². The molecule has 0 spiro atoms. The molecular weight excluding hydrogens is 140 g/mol. The Bertz CT molecular complexity index is 162. The van der Waals surface area contributed by atoms with Gasteiger partial charge >= 0.3 is 5.97 Å². The Labute approximate surface area is 67.6 Å². The summed E-state index contributed by atoms with van der Waals surface area (Å²) in [6, 6.07) is 0. The molecule has 0 rings (SSSR count). The molecule has 11 heavy (non-hydrogen) atoms. The van der Waals surface area contributed by atoms with Crippen LogP contribution < -0.4 is 0 Å². The first-order valence-electron chi connectivity index (χ1n) is 3.99. The van der Waals surface area contributed by atoms with Crippen LogP contribution in [0.5, 0.6) is 0 Å². The van der Waals surface area contributed by atoms with E-state index in [9.17, 15) is 4.79 Å². The fourth-order valence-electron chi connectivity index (χ4n) is 0.778. The van der Waals surface area contributed by atoms with Crippen molar-refractivity contribution < 1.29 is 9.90 Å². The van der Waals surface area contributed by atoms with E-state index >= 15 is 0 Å². The molecule has 0 heterocycles. The van der Waals surface area contributed by atoms with Gasteiger partial charge in [-0.25, -0.2) is 4.79 Å². The zero-order valence-electron chi connectivity index (χ0n) is 6.89. The monoisotopic (exact) mass is 154 g/mol. The Morgan fingerprint density at radius 3 is 2.64 bits per heavy atom. The maximum absolute atomic E-state index is 9.91. The van der Waals surface area contributed by atoms with Gasteiger partial charge in [-0.3, -0.25) is 0 Å². The van der Waals surface area contributed by atoms with Gasteiger partial charge in [-0.1, -0.05) is 32.1 Å². The van der Waals surface area contributed by atoms with Crippen LogP contribution >= 0.6 is 0 Å². The number of carboxylic acid groups (broad SMARTS) is 1. The largest absolute Gasteiger partial charge is 0.472 e. The second kappa shape index (κ2) is 7.14. The van der Waals surface area contributed by atoms with Crippen LogP contribution in [0, 0.1) is 11.8 Å². The number of aliphatic carboxylic acids is 1. The molecule has 0 aliphatic heterocycles. The lowest BCUT2D eigenvalue weighted by Crippen LogP contribution is -1.86. The zero-order chi connectivity index (χ0) is 8.53. The second-order valence-corrected chi connectivity index (χ2v) is 2.42. The van der Waals surface area contributed by atoms with Gasteiger partial charge in [0, 0.05) is 12.3 Å². The molecule has 1 N–H and O–H groups in total. The van der Waals surface area contributed by atoms with E-state index in [1.807, 2.05) is 0 Å². The summed E-state index contributed by atoms with van der Waals surface area (Å²) in [5.74, 6) is 3.66. The number of carboxylic acids is 1. The standard InChI is InChI=1S/C9H14O2/c1-2-3-4-5-6-7-8-9(10)11/h2-6H2,1H3,(H,10,11). The minimum atomic E-state index is -1.03. The summed E-state index contributed by atoms with van der Waals surface area (Å²) in [5.41, 5.74) is 0. The molecule has 0 amide bonds. The first-order chi connectivity index (χ1) is 5.27. The molecule has 0 bridgehead atoms. The Balaban J connectivity index is 3.15. The third kappa shape index (κ3) is 9.03. The molecule has 2 heteroatoms. The van der Waals surface area contributed by atoms with E-state index in [2.05, 4.69) is 18.8 Å². The van der Waals surface area contributed by atoms with Crippen LogP contribution in [0.3, 0.4) is 0 Å². The van der Waals surface area contributed by atoms with Crippen LogP contribution in [0.25, 0.3) is 0 Å². The molecule has 0 aromatic rings. The van der Waals surface area contributed by atoms with E-state index < -0.39 is 5.97 Å². The minimum absolute atomic E-state index is 0.715. The van der Waals surface area contributed by atoms with Crippen molar-refractivity contribution in [1.29, 1.82) is 0 Å². The minimum Gasteiger partial charge on any atom is -0.472 e. The predicted octanol–water partition coefficient (Wildman–Crippen LogP) is 2.04. The van der Waals surface area contributed by atoms with Crippen LogP contribution in [0.15, 0.2) is 0 Å². The van der Waals surface area contributed by atoms with Gasteiger partial charge in [-0.2, -0.15) is 0 Å². The van der Waals surface area contributed by atoms with Crippen LogP contribution in [0.4, 0.5) is 0 Å². The summed E-state index contributed by atoms with van der Waals surface area (Å²) in [7, 11) is 0. The maximum Gasteiger partial charge on any atom is 0.381 e. The van der Waals surface area contributed by atoms with Crippen molar-refractivity contribution in [1.82, 2.24) is 0 Å². The average molecular weight is 154 g/mol. The lowest BCUT2D eigenvalue weighted by Gasteiger charge is -1.91. The summed E-state index contributed by atoms with van der Waals surface area (Å²) < 4.78 is 0. The number of unbranched alkanes of at least 4 members (excludes halogenated alkanes) is 4. The normalized spacial score (nSPS) is 8.45. The maximum atomic E-state index is 9.91. The third-order valence-electron chi connectivity index (χ3n) is 1.35. The first kappa shape index (κ1) is 10.0. The van der Waals surface area contributed by atoms with Crippen molar-refractivity contribution in [2.24, 2.45) is 0 Å². The molecule has 0 atom stereocenters. The molecule has 0 saturated heterocycles. The summed E-state index contributed by atoms with van der Waals surface area (Å²) in [6.45, 7) is 2.14. The van der Waals surface area contributed by atoms with Crippen LogP contribution in [0.1, 0.15) is 39.0 Å². The zero-order valence-corrected chi connectivity index (χ0v) is 6.89. The van der Waals surface area contributed by atoms with Crippen molar-refractivity contribution in [3.8, 4) is 11.8 Å². The van der Waals surface area contributed by atoms with Gasteiger partial charge in [0.05, 0.1) is 0 Å². The molecule has 0 aliphatic rings. The fraction of sp³-hybridized carbons (Fsp3) is 0.667. The van der Waals surface area contributed by atoms with Crippen LogP contribution in [-0.2, 0) is 4.79 Å². The van der Waals surface area contributed by atoms with E-state index in [0.717, 1.165) is 12.8 Å². The summed E-state index contributed by atoms with van der Waals surface area (Å²) in [4.78, 5) is 9.91. The highest BCUT2D eigenvalue weighted by atomic mass is 16.4. The lowest BCUT2D eigenvalue weighted by atomic mass is 10.2. The molecule has 62 valence electrons. The van der Waals surface area contributed by atoms with Crippen molar-refractivity contribution in [2.75, 3.05) is 0 Å². The average Bonchev–Trinajstić information content (AvgIpc) is 1.96. The van der Waals surface area contributed by atoms with E-state index in [-0.39, 0.29) is 0 Å². The summed E-state index contributed by atoms with van der Waals surface area (Å²) in [6.07, 6.45) is 5.31. The van der Waals surface area contributed by atoms with Crippen molar-refractivity contribution in [3.05, 3.63) is 0 Å². The topological polar surface area (TPSA) is 37.3 Å². The van der Waals surface area contributed by atoms with Gasteiger partial charge in [0.15, 0.2) is 0 Å². The molecule has 0 aromatic heterocycles. The van der Waals surface area contributed by atoms with Gasteiger partial charge in [-0.15, -0.1) is 0 Å². The highest BCUT2D eigenvalue weighted by Crippen LogP contribution is 2.00. The van der Waals surface area contributed by atoms with Crippen molar-refractivity contribution >= 4 is 5.97 Å². The number of hydrogen-bond acceptors (Lipinski definition) is 1. The Kier molecular flexibility index (Phi) is 6.51. The molecule has 0 fully saturated rings. The number of hydrogen-bond donors (Lipinski definition) is 1. The molecular formula is C9H14O2. The lowest BCUT2D eigenvalue weighted by molar-refractivity contribution is -0.130. The summed E-state index contributed by atoms with van der Waals surface area (Å²) >= 11 is 0. The number of rotatable bonds is 4. The Morgan fingerprint density at radius 1 is 1.36 bits per heavy atom. The smallest absolute Gasteiger partial charge is 0.381 e. The molecule has 0 saturated carbocycles. The van der Waals surface area contributed by atoms with E-state index in [4.69, 9.17) is 5.11 Å². The number of carbonyl (C=O) groups is 1. The van der Waals surface area contributed by atoms with E-state index in [1.54, 1.807) is 0 Å². The molecule has 2 nitrogen and oxygen atoms in total. The fourth-order valence-corrected chi connectivity index (χ4v) is 0.778. The highest BCUT2D eigenvalue weighted by molar-refractivity contribution is 5.86. The SMILES string of the molecule is CCCCCCC#CC(=O)O. The molecule has 0 aromatic carbocycles. The Morgan fingerprint density at radius 2 is 2.09 bits per heavy atom. The molecule has 0 aliphatic carbocycles. The predicted molar refractivity (Wildman–Crippen MR) is 44.2 cm³/mol. The van der Waals surface area contributed by atoms with Crippen LogP contribution in [-0.4, -0.2) is 11.1 Å².